The Kier molecular flexibility index (Phi) is 6.79. The van der Waals surface area contributed by atoms with E-state index in [2.05, 4.69) is 15.8 Å². The molecule has 2 N–H and O–H groups in total. The SMILES string of the molecule is S=C(NN=Cc1cccc(OCc2ccc(Cl)cc2)c1)Nc1ccccc1. The summed E-state index contributed by atoms with van der Waals surface area (Å²) in [4.78, 5) is 0. The number of rotatable bonds is 6. The van der Waals surface area contributed by atoms with Crippen LogP contribution in [0.15, 0.2) is 84.0 Å². The molecule has 0 aliphatic rings. The number of hydrogen-bond acceptors (Lipinski definition) is 3. The number of hydrogen-bond donors (Lipinski definition) is 2. The van der Waals surface area contributed by atoms with Gasteiger partial charge in [0, 0.05) is 10.7 Å². The summed E-state index contributed by atoms with van der Waals surface area (Å²) in [5.41, 5.74) is 5.66. The molecule has 0 aliphatic carbocycles. The van der Waals surface area contributed by atoms with E-state index in [9.17, 15) is 0 Å². The number of para-hydroxylation sites is 1. The van der Waals surface area contributed by atoms with Crippen molar-refractivity contribution in [3.8, 4) is 5.75 Å². The molecule has 3 aromatic carbocycles. The Hall–Kier alpha value is -2.89. The molecule has 27 heavy (non-hydrogen) atoms. The van der Waals surface area contributed by atoms with Gasteiger partial charge < -0.3 is 10.1 Å². The smallest absolute Gasteiger partial charge is 0.191 e. The van der Waals surface area contributed by atoms with Gasteiger partial charge in [-0.3, -0.25) is 5.43 Å². The van der Waals surface area contributed by atoms with Crippen LogP contribution in [0.4, 0.5) is 5.69 Å². The first-order valence-electron chi connectivity index (χ1n) is 8.31. The molecule has 0 heterocycles. The van der Waals surface area contributed by atoms with Gasteiger partial charge in [-0.25, -0.2) is 0 Å². The molecule has 0 saturated heterocycles. The van der Waals surface area contributed by atoms with Gasteiger partial charge in [0.1, 0.15) is 12.4 Å². The number of hydrazone groups is 1. The highest BCUT2D eigenvalue weighted by molar-refractivity contribution is 7.80. The zero-order valence-corrected chi connectivity index (χ0v) is 16.0. The van der Waals surface area contributed by atoms with E-state index in [1.807, 2.05) is 78.9 Å². The van der Waals surface area contributed by atoms with E-state index in [4.69, 9.17) is 28.6 Å². The van der Waals surface area contributed by atoms with Gasteiger partial charge in [0.15, 0.2) is 5.11 Å². The molecule has 0 bridgehead atoms. The Morgan fingerprint density at radius 3 is 2.56 bits per heavy atom. The van der Waals surface area contributed by atoms with Crippen molar-refractivity contribution in [3.05, 3.63) is 95.0 Å². The standard InChI is InChI=1S/C21H18ClN3OS/c22-18-11-9-16(10-12-18)15-26-20-8-4-5-17(13-20)14-23-25-21(27)24-19-6-2-1-3-7-19/h1-14H,15H2,(H2,24,25,27). The number of nitrogens with one attached hydrogen (secondary N) is 2. The lowest BCUT2D eigenvalue weighted by Crippen LogP contribution is -2.23. The summed E-state index contributed by atoms with van der Waals surface area (Å²) in [5, 5.41) is 8.35. The molecule has 3 rings (SSSR count). The summed E-state index contributed by atoms with van der Waals surface area (Å²) in [5.74, 6) is 0.763. The molecule has 3 aromatic rings. The van der Waals surface area contributed by atoms with Crippen LogP contribution in [-0.4, -0.2) is 11.3 Å². The Morgan fingerprint density at radius 1 is 1.00 bits per heavy atom. The second-order valence-electron chi connectivity index (χ2n) is 5.68. The van der Waals surface area contributed by atoms with Crippen LogP contribution in [0, 0.1) is 0 Å². The lowest BCUT2D eigenvalue weighted by molar-refractivity contribution is 0.306. The van der Waals surface area contributed by atoms with E-state index in [1.54, 1.807) is 6.21 Å². The van der Waals surface area contributed by atoms with Crippen molar-refractivity contribution in [2.45, 2.75) is 6.61 Å². The molecule has 0 aliphatic heterocycles. The fourth-order valence-electron chi connectivity index (χ4n) is 2.28. The van der Waals surface area contributed by atoms with Crippen molar-refractivity contribution >= 4 is 40.8 Å². The van der Waals surface area contributed by atoms with E-state index >= 15 is 0 Å². The van der Waals surface area contributed by atoms with Crippen LogP contribution < -0.4 is 15.5 Å². The van der Waals surface area contributed by atoms with Crippen molar-refractivity contribution in [1.29, 1.82) is 0 Å². The van der Waals surface area contributed by atoms with E-state index in [-0.39, 0.29) is 0 Å². The summed E-state index contributed by atoms with van der Waals surface area (Å²) in [6.45, 7) is 0.473. The topological polar surface area (TPSA) is 45.7 Å². The number of anilines is 1. The first-order chi connectivity index (χ1) is 13.2. The van der Waals surface area contributed by atoms with Crippen molar-refractivity contribution < 1.29 is 4.74 Å². The molecule has 0 aromatic heterocycles. The Morgan fingerprint density at radius 2 is 1.78 bits per heavy atom. The molecule has 0 spiro atoms. The highest BCUT2D eigenvalue weighted by atomic mass is 35.5. The van der Waals surface area contributed by atoms with Gasteiger partial charge >= 0.3 is 0 Å². The van der Waals surface area contributed by atoms with Gasteiger partial charge in [0.05, 0.1) is 6.21 Å². The summed E-state index contributed by atoms with van der Waals surface area (Å²) in [6, 6.07) is 24.9. The normalized spacial score (nSPS) is 10.6. The fourth-order valence-corrected chi connectivity index (χ4v) is 2.57. The van der Waals surface area contributed by atoms with Crippen LogP contribution in [0.2, 0.25) is 5.02 Å². The lowest BCUT2D eigenvalue weighted by atomic mass is 10.2. The molecule has 136 valence electrons. The van der Waals surface area contributed by atoms with Crippen LogP contribution in [-0.2, 0) is 6.61 Å². The fraction of sp³-hybridized carbons (Fsp3) is 0.0476. The van der Waals surface area contributed by atoms with Gasteiger partial charge in [0.25, 0.3) is 0 Å². The Bertz CT molecular complexity index is 914. The van der Waals surface area contributed by atoms with Crippen LogP contribution >= 0.6 is 23.8 Å². The van der Waals surface area contributed by atoms with E-state index in [1.165, 1.54) is 0 Å². The molecule has 0 atom stereocenters. The van der Waals surface area contributed by atoms with Gasteiger partial charge in [-0.05, 0) is 59.7 Å². The predicted octanol–water partition coefficient (Wildman–Crippen LogP) is 5.24. The lowest BCUT2D eigenvalue weighted by Gasteiger charge is -2.07. The first-order valence-corrected chi connectivity index (χ1v) is 9.10. The number of halogens is 1. The molecular weight excluding hydrogens is 378 g/mol. The highest BCUT2D eigenvalue weighted by Gasteiger charge is 1.98. The zero-order valence-electron chi connectivity index (χ0n) is 14.4. The second-order valence-corrected chi connectivity index (χ2v) is 6.52. The van der Waals surface area contributed by atoms with Gasteiger partial charge in [-0.15, -0.1) is 0 Å². The Balaban J connectivity index is 1.51. The van der Waals surface area contributed by atoms with Gasteiger partial charge in [0.2, 0.25) is 0 Å². The summed E-state index contributed by atoms with van der Waals surface area (Å²) in [7, 11) is 0. The quantitative estimate of drug-likeness (QED) is 0.340. The number of thiocarbonyl (C=S) groups is 1. The number of ether oxygens (including phenoxy) is 1. The zero-order chi connectivity index (χ0) is 18.9. The minimum absolute atomic E-state index is 0.424. The summed E-state index contributed by atoms with van der Waals surface area (Å²) >= 11 is 11.1. The molecule has 0 unspecified atom stereocenters. The van der Waals surface area contributed by atoms with Crippen LogP contribution in [0.5, 0.6) is 5.75 Å². The maximum absolute atomic E-state index is 5.89. The van der Waals surface area contributed by atoms with Crippen molar-refractivity contribution in [2.75, 3.05) is 5.32 Å². The number of benzene rings is 3. The van der Waals surface area contributed by atoms with Crippen molar-refractivity contribution in [3.63, 3.8) is 0 Å². The molecule has 0 radical (unpaired) electrons. The minimum Gasteiger partial charge on any atom is -0.489 e. The predicted molar refractivity (Wildman–Crippen MR) is 116 cm³/mol. The van der Waals surface area contributed by atoms with Crippen LogP contribution in [0.25, 0.3) is 0 Å². The molecule has 6 heteroatoms. The molecule has 0 saturated carbocycles. The third-order valence-corrected chi connectivity index (χ3v) is 4.03. The third kappa shape index (κ3) is 6.40. The van der Waals surface area contributed by atoms with Crippen LogP contribution in [0.1, 0.15) is 11.1 Å². The molecule has 0 amide bonds. The summed E-state index contributed by atoms with van der Waals surface area (Å²) < 4.78 is 5.82. The van der Waals surface area contributed by atoms with E-state index in [0.29, 0.717) is 16.7 Å². The summed E-state index contributed by atoms with van der Waals surface area (Å²) in [6.07, 6.45) is 1.69. The van der Waals surface area contributed by atoms with E-state index < -0.39 is 0 Å². The minimum atomic E-state index is 0.424. The molecule has 4 nitrogen and oxygen atoms in total. The maximum Gasteiger partial charge on any atom is 0.191 e. The Labute approximate surface area is 168 Å². The maximum atomic E-state index is 5.89. The first kappa shape index (κ1) is 18.9. The number of nitrogens with zero attached hydrogens (tertiary/aromatic N) is 1. The molecule has 0 fully saturated rings. The van der Waals surface area contributed by atoms with Gasteiger partial charge in [-0.1, -0.05) is 54.1 Å². The molecular formula is C21H18ClN3OS. The monoisotopic (exact) mass is 395 g/mol. The average molecular weight is 396 g/mol. The van der Waals surface area contributed by atoms with Crippen molar-refractivity contribution in [2.24, 2.45) is 5.10 Å². The second kappa shape index (κ2) is 9.71. The van der Waals surface area contributed by atoms with Crippen molar-refractivity contribution in [1.82, 2.24) is 5.43 Å². The third-order valence-electron chi connectivity index (χ3n) is 3.59. The van der Waals surface area contributed by atoms with Crippen LogP contribution in [0.3, 0.4) is 0 Å². The van der Waals surface area contributed by atoms with E-state index in [0.717, 1.165) is 22.6 Å². The van der Waals surface area contributed by atoms with Gasteiger partial charge in [-0.2, -0.15) is 5.10 Å². The highest BCUT2D eigenvalue weighted by Crippen LogP contribution is 2.15. The average Bonchev–Trinajstić information content (AvgIpc) is 2.69. The largest absolute Gasteiger partial charge is 0.489 e.